The lowest BCUT2D eigenvalue weighted by molar-refractivity contribution is 0.0946. The predicted octanol–water partition coefficient (Wildman–Crippen LogP) is 6.36. The van der Waals surface area contributed by atoms with E-state index in [0.29, 0.717) is 12.0 Å². The number of anilines is 1. The number of hydrazone groups is 1. The van der Waals surface area contributed by atoms with Gasteiger partial charge in [-0.2, -0.15) is 5.10 Å². The van der Waals surface area contributed by atoms with E-state index in [9.17, 15) is 4.79 Å². The number of amidine groups is 1. The molecule has 1 aliphatic heterocycles. The van der Waals surface area contributed by atoms with Crippen LogP contribution in [-0.2, 0) is 6.42 Å². The normalized spacial score (nSPS) is 15.8. The molecule has 2 N–H and O–H groups in total. The van der Waals surface area contributed by atoms with E-state index in [-0.39, 0.29) is 18.1 Å². The minimum Gasteiger partial charge on any atom is -0.361 e. The van der Waals surface area contributed by atoms with E-state index in [4.69, 9.17) is 5.10 Å². The van der Waals surface area contributed by atoms with Crippen molar-refractivity contribution in [1.29, 1.82) is 0 Å². The molecule has 39 heavy (non-hydrogen) atoms. The van der Waals surface area contributed by atoms with Gasteiger partial charge in [-0.05, 0) is 48.4 Å². The second-order valence-electron chi connectivity index (χ2n) is 9.66. The summed E-state index contributed by atoms with van der Waals surface area (Å²) in [7, 11) is 0. The van der Waals surface area contributed by atoms with E-state index in [2.05, 4.69) is 75.7 Å². The molecule has 1 aliphatic rings. The fourth-order valence-corrected chi connectivity index (χ4v) is 5.34. The van der Waals surface area contributed by atoms with Gasteiger partial charge in [-0.25, -0.2) is 0 Å². The quantitative estimate of drug-likeness (QED) is 0.254. The number of nitrogens with one attached hydrogen (secondary N) is 2. The Labute approximate surface area is 228 Å². The molecule has 4 aromatic carbocycles. The van der Waals surface area contributed by atoms with Crippen molar-refractivity contribution in [1.82, 2.24) is 15.3 Å². The summed E-state index contributed by atoms with van der Waals surface area (Å²) in [5, 5.41) is 11.8. The minimum absolute atomic E-state index is 0.123. The molecule has 194 valence electrons. The van der Waals surface area contributed by atoms with Crippen LogP contribution in [0.5, 0.6) is 0 Å². The molecule has 1 amide bonds. The summed E-state index contributed by atoms with van der Waals surface area (Å²) in [6.45, 7) is 2.83. The Balaban J connectivity index is 1.45. The average molecular weight is 514 g/mol. The Hall–Kier alpha value is -4.84. The summed E-state index contributed by atoms with van der Waals surface area (Å²) in [4.78, 5) is 19.2. The summed E-state index contributed by atoms with van der Waals surface area (Å²) in [6, 6.07) is 38.0. The molecule has 1 unspecified atom stereocenters. The Morgan fingerprint density at radius 1 is 0.872 bits per heavy atom. The highest BCUT2D eigenvalue weighted by Gasteiger charge is 2.39. The monoisotopic (exact) mass is 513 g/mol. The number of nitrogens with zero attached hydrogens (tertiary/aromatic N) is 3. The maximum atomic E-state index is 13.5. The number of aromatic amines is 1. The van der Waals surface area contributed by atoms with Gasteiger partial charge in [-0.3, -0.25) is 9.80 Å². The van der Waals surface area contributed by atoms with Crippen LogP contribution in [0.3, 0.4) is 0 Å². The van der Waals surface area contributed by atoms with Crippen molar-refractivity contribution < 1.29 is 4.79 Å². The van der Waals surface area contributed by atoms with Gasteiger partial charge in [0.2, 0.25) is 0 Å². The summed E-state index contributed by atoms with van der Waals surface area (Å²) in [5.41, 5.74) is 5.00. The van der Waals surface area contributed by atoms with Crippen molar-refractivity contribution >= 4 is 28.3 Å². The van der Waals surface area contributed by atoms with Gasteiger partial charge >= 0.3 is 0 Å². The van der Waals surface area contributed by atoms with Crippen LogP contribution in [0.25, 0.3) is 10.9 Å². The Bertz CT molecular complexity index is 1580. The molecule has 1 aromatic heterocycles. The van der Waals surface area contributed by atoms with Crippen LogP contribution in [0, 0.1) is 0 Å². The van der Waals surface area contributed by atoms with E-state index < -0.39 is 0 Å². The second-order valence-corrected chi connectivity index (χ2v) is 9.66. The third kappa shape index (κ3) is 4.89. The highest BCUT2D eigenvalue weighted by atomic mass is 16.1. The van der Waals surface area contributed by atoms with Crippen LogP contribution in [-0.4, -0.2) is 34.3 Å². The number of benzene rings is 4. The fourth-order valence-electron chi connectivity index (χ4n) is 5.34. The van der Waals surface area contributed by atoms with Crippen LogP contribution in [0.15, 0.2) is 127 Å². The zero-order valence-electron chi connectivity index (χ0n) is 21.9. The molecule has 2 atom stereocenters. The van der Waals surface area contributed by atoms with Crippen LogP contribution in [0.1, 0.15) is 34.6 Å². The largest absolute Gasteiger partial charge is 0.361 e. The van der Waals surface area contributed by atoms with Crippen molar-refractivity contribution in [2.24, 2.45) is 5.10 Å². The topological polar surface area (TPSA) is 63.7 Å². The number of rotatable bonds is 8. The summed E-state index contributed by atoms with van der Waals surface area (Å²) < 4.78 is 0. The average Bonchev–Trinajstić information content (AvgIpc) is 3.60. The zero-order chi connectivity index (χ0) is 26.6. The van der Waals surface area contributed by atoms with E-state index >= 15 is 0 Å². The summed E-state index contributed by atoms with van der Waals surface area (Å²) in [5.74, 6) is 0.689. The lowest BCUT2D eigenvalue weighted by atomic mass is 10.0. The van der Waals surface area contributed by atoms with Gasteiger partial charge in [-0.1, -0.05) is 84.9 Å². The van der Waals surface area contributed by atoms with Crippen LogP contribution in [0.2, 0.25) is 0 Å². The Kier molecular flexibility index (Phi) is 6.83. The van der Waals surface area contributed by atoms with Crippen LogP contribution < -0.4 is 10.2 Å². The highest BCUT2D eigenvalue weighted by Crippen LogP contribution is 2.37. The number of hydrogen-bond acceptors (Lipinski definition) is 4. The summed E-state index contributed by atoms with van der Waals surface area (Å²) >= 11 is 0. The second kappa shape index (κ2) is 10.9. The molecule has 6 heteroatoms. The smallest absolute Gasteiger partial charge is 0.251 e. The maximum absolute atomic E-state index is 13.5. The van der Waals surface area contributed by atoms with Gasteiger partial charge in [-0.15, -0.1) is 0 Å². The van der Waals surface area contributed by atoms with Gasteiger partial charge in [0.15, 0.2) is 5.84 Å². The molecule has 5 aromatic rings. The molecular weight excluding hydrogens is 482 g/mol. The lowest BCUT2D eigenvalue weighted by Gasteiger charge is -2.34. The van der Waals surface area contributed by atoms with Gasteiger partial charge in [0.25, 0.3) is 5.91 Å². The molecule has 0 bridgehead atoms. The molecule has 0 radical (unpaired) electrons. The molecule has 0 saturated heterocycles. The van der Waals surface area contributed by atoms with E-state index in [1.54, 1.807) is 0 Å². The highest BCUT2D eigenvalue weighted by molar-refractivity contribution is 6.07. The molecule has 0 spiro atoms. The SMILES string of the molecule is CCN1N=C([C@@H](Cc2c[nH]c3ccccc23)NC(=O)c2ccccc2)N(c2ccccc2)C1c1ccccc1. The third-order valence-corrected chi connectivity index (χ3v) is 7.21. The maximum Gasteiger partial charge on any atom is 0.251 e. The first-order valence-electron chi connectivity index (χ1n) is 13.4. The van der Waals surface area contributed by atoms with E-state index in [0.717, 1.165) is 40.1 Å². The number of amides is 1. The number of H-pyrrole nitrogens is 1. The molecule has 0 fully saturated rings. The van der Waals surface area contributed by atoms with Crippen molar-refractivity contribution in [3.8, 4) is 0 Å². The first kappa shape index (κ1) is 24.5. The molecule has 2 heterocycles. The van der Waals surface area contributed by atoms with Crippen molar-refractivity contribution in [3.05, 3.63) is 138 Å². The van der Waals surface area contributed by atoms with Gasteiger partial charge in [0.1, 0.15) is 6.17 Å². The van der Waals surface area contributed by atoms with E-state index in [1.807, 2.05) is 72.9 Å². The first-order chi connectivity index (χ1) is 19.2. The number of carbonyl (C=O) groups excluding carboxylic acids is 1. The van der Waals surface area contributed by atoms with Crippen molar-refractivity contribution in [2.45, 2.75) is 25.6 Å². The van der Waals surface area contributed by atoms with E-state index in [1.165, 1.54) is 0 Å². The van der Waals surface area contributed by atoms with Crippen molar-refractivity contribution in [2.75, 3.05) is 11.4 Å². The molecule has 0 saturated carbocycles. The molecule has 0 aliphatic carbocycles. The third-order valence-electron chi connectivity index (χ3n) is 7.21. The predicted molar refractivity (Wildman–Crippen MR) is 158 cm³/mol. The van der Waals surface area contributed by atoms with Crippen LogP contribution >= 0.6 is 0 Å². The number of para-hydroxylation sites is 2. The molecule has 6 nitrogen and oxygen atoms in total. The first-order valence-corrected chi connectivity index (χ1v) is 13.4. The minimum atomic E-state index is -0.375. The van der Waals surface area contributed by atoms with Crippen molar-refractivity contribution in [3.63, 3.8) is 0 Å². The molecule has 6 rings (SSSR count). The number of aromatic nitrogens is 1. The lowest BCUT2D eigenvalue weighted by Crippen LogP contribution is -2.49. The van der Waals surface area contributed by atoms with Gasteiger partial charge in [0, 0.05) is 41.3 Å². The number of carbonyl (C=O) groups is 1. The standard InChI is InChI=1S/C33H31N5O/c1-2-37-33(25-16-8-4-9-17-25)38(27-18-10-5-11-19-27)31(36-37)30(35-32(39)24-14-6-3-7-15-24)22-26-23-34-29-21-13-12-20-28(26)29/h3-21,23,30,33-34H,2,22H2,1H3,(H,35,39)/t30-,33?/m1/s1. The van der Waals surface area contributed by atoms with Gasteiger partial charge < -0.3 is 15.2 Å². The van der Waals surface area contributed by atoms with Gasteiger partial charge in [0.05, 0.1) is 6.04 Å². The number of fused-ring (bicyclic) bond motifs is 1. The molecular formula is C33H31N5O. The van der Waals surface area contributed by atoms with Crippen LogP contribution in [0.4, 0.5) is 5.69 Å². The number of hydrogen-bond donors (Lipinski definition) is 2. The summed E-state index contributed by atoms with van der Waals surface area (Å²) in [6.07, 6.45) is 2.50. The fraction of sp³-hybridized carbons (Fsp3) is 0.152. The Morgan fingerprint density at radius 2 is 1.51 bits per heavy atom. The Morgan fingerprint density at radius 3 is 2.23 bits per heavy atom. The zero-order valence-corrected chi connectivity index (χ0v) is 21.9.